The van der Waals surface area contributed by atoms with Crippen LogP contribution in [0, 0.1) is 62.1 Å². The number of unbranched alkanes of at least 4 members (excludes halogenated alkanes) is 6. The van der Waals surface area contributed by atoms with Crippen LogP contribution in [0.1, 0.15) is 184 Å². The molecule has 0 radical (unpaired) electrons. The van der Waals surface area contributed by atoms with Crippen molar-refractivity contribution < 1.29 is 34.1 Å². The maximum atomic E-state index is 14.7. The normalized spacial score (nSPS) is 38.3. The van der Waals surface area contributed by atoms with Crippen LogP contribution >= 0.6 is 0 Å². The number of carboxylic acid groups (broad SMARTS) is 2. The summed E-state index contributed by atoms with van der Waals surface area (Å²) in [4.78, 5) is 52.1. The molecule has 0 aromatic rings. The summed E-state index contributed by atoms with van der Waals surface area (Å²) >= 11 is 0. The van der Waals surface area contributed by atoms with Gasteiger partial charge < -0.3 is 20.3 Å². The predicted octanol–water partition coefficient (Wildman–Crippen LogP) is 10.8. The summed E-state index contributed by atoms with van der Waals surface area (Å²) in [5.74, 6) is -0.742. The van der Waals surface area contributed by atoms with E-state index < -0.39 is 34.8 Å². The van der Waals surface area contributed by atoms with Crippen LogP contribution in [0.4, 0.5) is 0 Å². The Hall–Kier alpha value is -2.38. The molecule has 5 aliphatic carbocycles. The zero-order valence-corrected chi connectivity index (χ0v) is 36.1. The fourth-order valence-electron chi connectivity index (χ4n) is 14.2. The van der Waals surface area contributed by atoms with Gasteiger partial charge in [0, 0.05) is 5.41 Å². The number of nitrogens with one attached hydrogen (secondary N) is 1. The Bertz CT molecular complexity index is 1470. The molecule has 4 unspecified atom stereocenters. The van der Waals surface area contributed by atoms with Crippen molar-refractivity contribution >= 4 is 23.8 Å². The predicted molar refractivity (Wildman–Crippen MR) is 217 cm³/mol. The van der Waals surface area contributed by atoms with E-state index in [-0.39, 0.29) is 51.9 Å². The van der Waals surface area contributed by atoms with E-state index in [9.17, 15) is 29.4 Å². The Labute approximate surface area is 333 Å². The maximum Gasteiger partial charge on any atom is 0.326 e. The average molecular weight is 768 g/mol. The number of hydrogen-bond acceptors (Lipinski definition) is 5. The van der Waals surface area contributed by atoms with Gasteiger partial charge in [-0.05, 0) is 137 Å². The van der Waals surface area contributed by atoms with Crippen molar-refractivity contribution in [1.82, 2.24) is 5.32 Å². The van der Waals surface area contributed by atoms with Gasteiger partial charge in [-0.25, -0.2) is 4.79 Å². The van der Waals surface area contributed by atoms with Crippen LogP contribution in [0.3, 0.4) is 0 Å². The lowest BCUT2D eigenvalue weighted by Gasteiger charge is -2.72. The first-order chi connectivity index (χ1) is 25.6. The van der Waals surface area contributed by atoms with E-state index >= 15 is 0 Å². The molecule has 5 saturated carbocycles. The molecular formula is C47H77NO7. The third-order valence-corrected chi connectivity index (χ3v) is 17.6. The zero-order chi connectivity index (χ0) is 40.8. The first-order valence-corrected chi connectivity index (χ1v) is 22.2. The fourth-order valence-corrected chi connectivity index (χ4v) is 14.2. The van der Waals surface area contributed by atoms with Gasteiger partial charge in [0.25, 0.3) is 0 Å². The van der Waals surface area contributed by atoms with Gasteiger partial charge in [0.15, 0.2) is 0 Å². The number of esters is 1. The van der Waals surface area contributed by atoms with Crippen LogP contribution in [0.25, 0.3) is 0 Å². The highest BCUT2D eigenvalue weighted by Gasteiger charge is 2.72. The Balaban J connectivity index is 1.35. The highest BCUT2D eigenvalue weighted by molar-refractivity contribution is 5.88. The molecule has 0 bridgehead atoms. The fraction of sp³-hybridized carbons (Fsp3) is 0.872. The summed E-state index contributed by atoms with van der Waals surface area (Å²) in [5, 5.41) is 23.0. The van der Waals surface area contributed by atoms with E-state index in [2.05, 4.69) is 60.4 Å². The number of ether oxygens (including phenoxy) is 1. The third-order valence-electron chi connectivity index (χ3n) is 17.6. The summed E-state index contributed by atoms with van der Waals surface area (Å²) in [6.45, 7) is 24.2. The summed E-state index contributed by atoms with van der Waals surface area (Å²) < 4.78 is 6.17. The molecule has 0 heterocycles. The first kappa shape index (κ1) is 43.7. The molecule has 0 saturated heterocycles. The standard InChI is InChI=1S/C47H77NO7/c1-11-12-13-14-15-16-17-18-33(39(50)51)48-40(52)47-26-21-31(30(2)3)38(47)32-19-20-35-44(8)24-23-36(55-37(49)29-42(4,5)41(53)54)43(6,7)34(44)22-25-46(35,10)45(32,9)27-28-47/h31-36,38H,2,11-29H2,1,3-10H3,(H,48,52)(H,50,51)(H,53,54)/t31-,32+,33?,34-,35?,36?,38+,44-,45+,46+,47?/m0/s1. The number of fused-ring (bicyclic) bond motifs is 7. The molecule has 5 aliphatic rings. The summed E-state index contributed by atoms with van der Waals surface area (Å²) in [7, 11) is 0. The lowest BCUT2D eigenvalue weighted by atomic mass is 9.32. The molecule has 0 aliphatic heterocycles. The van der Waals surface area contributed by atoms with Crippen LogP contribution in [0.15, 0.2) is 12.2 Å². The zero-order valence-electron chi connectivity index (χ0n) is 36.1. The van der Waals surface area contributed by atoms with Crippen molar-refractivity contribution in [1.29, 1.82) is 0 Å². The summed E-state index contributed by atoms with van der Waals surface area (Å²) in [5.41, 5.74) is -0.670. The quantitative estimate of drug-likeness (QED) is 0.0810. The van der Waals surface area contributed by atoms with Gasteiger partial charge in [-0.3, -0.25) is 14.4 Å². The van der Waals surface area contributed by atoms with Crippen LogP contribution in [-0.4, -0.2) is 46.2 Å². The van der Waals surface area contributed by atoms with E-state index in [4.69, 9.17) is 4.74 Å². The molecule has 11 atom stereocenters. The van der Waals surface area contributed by atoms with Crippen molar-refractivity contribution in [3.63, 3.8) is 0 Å². The van der Waals surface area contributed by atoms with Gasteiger partial charge in [0.05, 0.1) is 17.3 Å². The van der Waals surface area contributed by atoms with Gasteiger partial charge in [-0.2, -0.15) is 0 Å². The van der Waals surface area contributed by atoms with Crippen molar-refractivity contribution in [3.05, 3.63) is 12.2 Å². The van der Waals surface area contributed by atoms with E-state index in [1.807, 2.05) is 0 Å². The topological polar surface area (TPSA) is 130 Å². The average Bonchev–Trinajstić information content (AvgIpc) is 3.50. The lowest BCUT2D eigenvalue weighted by Crippen LogP contribution is -2.67. The largest absolute Gasteiger partial charge is 0.481 e. The number of amides is 1. The van der Waals surface area contributed by atoms with Gasteiger partial charge >= 0.3 is 17.9 Å². The molecule has 8 heteroatoms. The van der Waals surface area contributed by atoms with E-state index in [0.29, 0.717) is 24.2 Å². The van der Waals surface area contributed by atoms with Crippen LogP contribution in [-0.2, 0) is 23.9 Å². The van der Waals surface area contributed by atoms with E-state index in [1.54, 1.807) is 13.8 Å². The van der Waals surface area contributed by atoms with Crippen LogP contribution in [0.2, 0.25) is 0 Å². The minimum Gasteiger partial charge on any atom is -0.481 e. The Morgan fingerprint density at radius 3 is 2.07 bits per heavy atom. The van der Waals surface area contributed by atoms with Gasteiger partial charge in [0.2, 0.25) is 5.91 Å². The van der Waals surface area contributed by atoms with Crippen molar-refractivity contribution in [2.45, 2.75) is 196 Å². The molecular weight excluding hydrogens is 691 g/mol. The number of carbonyl (C=O) groups is 4. The van der Waals surface area contributed by atoms with Crippen molar-refractivity contribution in [3.8, 4) is 0 Å². The highest BCUT2D eigenvalue weighted by atomic mass is 16.5. The molecule has 55 heavy (non-hydrogen) atoms. The van der Waals surface area contributed by atoms with Gasteiger partial charge in [-0.1, -0.05) is 98.6 Å². The number of aliphatic carboxylic acids is 2. The number of carboxylic acids is 2. The Kier molecular flexibility index (Phi) is 12.8. The Morgan fingerprint density at radius 1 is 0.800 bits per heavy atom. The number of hydrogen-bond donors (Lipinski definition) is 3. The molecule has 0 aromatic carbocycles. The smallest absolute Gasteiger partial charge is 0.326 e. The molecule has 1 amide bonds. The summed E-state index contributed by atoms with van der Waals surface area (Å²) in [6.07, 6.45) is 17.5. The van der Waals surface area contributed by atoms with E-state index in [0.717, 1.165) is 89.0 Å². The van der Waals surface area contributed by atoms with Crippen LogP contribution in [0.5, 0.6) is 0 Å². The third kappa shape index (κ3) is 7.68. The maximum absolute atomic E-state index is 14.7. The molecule has 5 rings (SSSR count). The van der Waals surface area contributed by atoms with Gasteiger partial charge in [0.1, 0.15) is 12.1 Å². The Morgan fingerprint density at radius 2 is 1.45 bits per heavy atom. The van der Waals surface area contributed by atoms with Crippen LogP contribution < -0.4 is 5.32 Å². The monoisotopic (exact) mass is 768 g/mol. The second-order valence-corrected chi connectivity index (χ2v) is 21.3. The van der Waals surface area contributed by atoms with Crippen molar-refractivity contribution in [2.75, 3.05) is 0 Å². The number of rotatable bonds is 16. The van der Waals surface area contributed by atoms with E-state index in [1.165, 1.54) is 25.7 Å². The minimum atomic E-state index is -1.17. The number of carbonyl (C=O) groups excluding carboxylic acids is 2. The molecule has 0 spiro atoms. The highest BCUT2D eigenvalue weighted by Crippen LogP contribution is 2.77. The summed E-state index contributed by atoms with van der Waals surface area (Å²) in [6, 6.07) is -0.847. The van der Waals surface area contributed by atoms with Crippen molar-refractivity contribution in [2.24, 2.45) is 62.1 Å². The number of allylic oxidation sites excluding steroid dienone is 1. The molecule has 0 aromatic heterocycles. The van der Waals surface area contributed by atoms with Gasteiger partial charge in [-0.15, -0.1) is 0 Å². The molecule has 3 N–H and O–H groups in total. The first-order valence-electron chi connectivity index (χ1n) is 22.2. The molecule has 312 valence electrons. The second kappa shape index (κ2) is 16.1. The second-order valence-electron chi connectivity index (χ2n) is 21.3. The lowest BCUT2D eigenvalue weighted by molar-refractivity contribution is -0.249. The molecule has 8 nitrogen and oxygen atoms in total. The SMILES string of the molecule is C=C(C)[C@@H]1CCC2(C(=O)NC(CCCCCCCCC)C(=O)O)CC[C@]3(C)[C@H](CCC4[C@@]5(C)CCC(OC(=O)CC(C)(C)C(=O)O)C(C)(C)[C@@H]5CC[C@]43C)[C@@H]12. The minimum absolute atomic E-state index is 0.0240. The molecule has 5 fully saturated rings.